The van der Waals surface area contributed by atoms with Gasteiger partial charge in [0.05, 0.1) is 22.2 Å². The van der Waals surface area contributed by atoms with Crippen LogP contribution in [0.25, 0.3) is 11.0 Å². The van der Waals surface area contributed by atoms with Gasteiger partial charge >= 0.3 is 17.6 Å². The molecular weight excluding hydrogens is 419 g/mol. The van der Waals surface area contributed by atoms with E-state index in [9.17, 15) is 14.8 Å². The van der Waals surface area contributed by atoms with Crippen LogP contribution in [0.4, 0.5) is 0 Å². The van der Waals surface area contributed by atoms with E-state index in [2.05, 4.69) is 4.98 Å². The summed E-state index contributed by atoms with van der Waals surface area (Å²) in [4.78, 5) is 29.1. The molecule has 0 radical (unpaired) electrons. The van der Waals surface area contributed by atoms with Gasteiger partial charge in [-0.15, -0.1) is 0 Å². The third-order valence-corrected chi connectivity index (χ3v) is 4.86. The van der Waals surface area contributed by atoms with Gasteiger partial charge in [-0.3, -0.25) is 0 Å². The number of ether oxygens (including phenoxy) is 2. The topological polar surface area (TPSA) is 92.4 Å². The molecule has 0 N–H and O–H groups in total. The maximum absolute atomic E-state index is 12.8. The average Bonchev–Trinajstić information content (AvgIpc) is 2.68. The molecule has 0 saturated heterocycles. The lowest BCUT2D eigenvalue weighted by molar-refractivity contribution is -0.581. The van der Waals surface area contributed by atoms with E-state index >= 15 is 0 Å². The number of hydrogen-bond donors (Lipinski definition) is 0. The van der Waals surface area contributed by atoms with E-state index < -0.39 is 18.5 Å². The van der Waals surface area contributed by atoms with Gasteiger partial charge in [0.15, 0.2) is 5.69 Å². The van der Waals surface area contributed by atoms with Crippen molar-refractivity contribution in [2.75, 3.05) is 6.61 Å². The monoisotopic (exact) mass is 434 g/mol. The number of rotatable bonds is 5. The van der Waals surface area contributed by atoms with Crippen LogP contribution in [-0.4, -0.2) is 23.5 Å². The Balaban J connectivity index is 2.04. The van der Waals surface area contributed by atoms with Crippen LogP contribution in [0.2, 0.25) is 10.0 Å². The van der Waals surface area contributed by atoms with Gasteiger partial charge in [0.2, 0.25) is 5.52 Å². The van der Waals surface area contributed by atoms with Gasteiger partial charge in [0.25, 0.3) is 0 Å². The number of carbonyl (C=O) groups excluding carboxylic acids is 2. The molecule has 3 rings (SSSR count). The van der Waals surface area contributed by atoms with Crippen molar-refractivity contribution in [1.82, 2.24) is 4.98 Å². The van der Waals surface area contributed by atoms with E-state index in [4.69, 9.17) is 32.7 Å². The van der Waals surface area contributed by atoms with E-state index in [1.807, 2.05) is 0 Å². The lowest BCUT2D eigenvalue weighted by Gasteiger charge is -2.12. The minimum absolute atomic E-state index is 0.0384. The van der Waals surface area contributed by atoms with E-state index in [-0.39, 0.29) is 39.1 Å². The molecule has 2 aromatic carbocycles. The number of benzene rings is 2. The molecule has 0 aliphatic heterocycles. The summed E-state index contributed by atoms with van der Waals surface area (Å²) in [7, 11) is 0. The molecule has 1 aromatic heterocycles. The van der Waals surface area contributed by atoms with Crippen LogP contribution < -0.4 is 4.73 Å². The number of halogens is 2. The predicted octanol–water partition coefficient (Wildman–Crippen LogP) is 4.02. The first-order chi connectivity index (χ1) is 13.8. The number of nitrogens with zero attached hydrogens (tertiary/aromatic N) is 2. The smallest absolute Gasteiger partial charge is 0.407 e. The van der Waals surface area contributed by atoms with Crippen LogP contribution >= 0.6 is 23.2 Å². The van der Waals surface area contributed by atoms with E-state index in [1.54, 1.807) is 38.1 Å². The highest BCUT2D eigenvalue weighted by Crippen LogP contribution is 2.26. The Kier molecular flexibility index (Phi) is 6.20. The van der Waals surface area contributed by atoms with Crippen molar-refractivity contribution in [2.45, 2.75) is 20.5 Å². The fourth-order valence-corrected chi connectivity index (χ4v) is 3.04. The first kappa shape index (κ1) is 20.8. The number of aromatic nitrogens is 2. The van der Waals surface area contributed by atoms with E-state index in [0.717, 1.165) is 5.56 Å². The van der Waals surface area contributed by atoms with Gasteiger partial charge in [-0.25, -0.2) is 14.6 Å². The Morgan fingerprint density at radius 1 is 1.10 bits per heavy atom. The molecule has 150 valence electrons. The second-order valence-corrected chi connectivity index (χ2v) is 6.88. The van der Waals surface area contributed by atoms with Crippen LogP contribution in [0.1, 0.15) is 39.0 Å². The zero-order chi connectivity index (χ0) is 21.1. The highest BCUT2D eigenvalue weighted by Gasteiger charge is 2.29. The third-order valence-electron chi connectivity index (χ3n) is 4.14. The zero-order valence-electron chi connectivity index (χ0n) is 15.6. The Morgan fingerprint density at radius 3 is 2.48 bits per heavy atom. The number of fused-ring (bicyclic) bond motifs is 1. The maximum atomic E-state index is 12.8. The van der Waals surface area contributed by atoms with Crippen molar-refractivity contribution in [3.8, 4) is 0 Å². The summed E-state index contributed by atoms with van der Waals surface area (Å²) in [6.07, 6.45) is 0. The summed E-state index contributed by atoms with van der Waals surface area (Å²) in [5.41, 5.74) is 0.910. The standard InChI is InChI=1S/C20H16Cl2N2O5/c1-3-28-20(26)18-16(10-29-19(25)12-7-5-4-6-11(12)2)23-15-8-13(21)14(22)9-17(15)24(18)27/h4-9H,3,10H2,1-2H3. The Hall–Kier alpha value is -2.90. The maximum Gasteiger partial charge on any atom is 0.407 e. The molecule has 0 aliphatic rings. The van der Waals surface area contributed by atoms with Gasteiger partial charge in [0, 0.05) is 6.07 Å². The minimum atomic E-state index is -0.884. The molecule has 0 fully saturated rings. The Bertz CT molecular complexity index is 1120. The van der Waals surface area contributed by atoms with Crippen molar-refractivity contribution in [3.63, 3.8) is 0 Å². The molecule has 0 spiro atoms. The summed E-state index contributed by atoms with van der Waals surface area (Å²) >= 11 is 12.0. The first-order valence-corrected chi connectivity index (χ1v) is 9.40. The first-order valence-electron chi connectivity index (χ1n) is 8.64. The summed E-state index contributed by atoms with van der Waals surface area (Å²) in [5, 5.41) is 13.2. The summed E-state index contributed by atoms with van der Waals surface area (Å²) in [6, 6.07) is 9.60. The molecule has 0 bridgehead atoms. The average molecular weight is 435 g/mol. The van der Waals surface area contributed by atoms with Crippen LogP contribution in [-0.2, 0) is 16.1 Å². The molecular formula is C20H16Cl2N2O5. The van der Waals surface area contributed by atoms with Gasteiger partial charge < -0.3 is 14.7 Å². The summed E-state index contributed by atoms with van der Waals surface area (Å²) < 4.78 is 10.6. The lowest BCUT2D eigenvalue weighted by atomic mass is 10.1. The van der Waals surface area contributed by atoms with Crippen molar-refractivity contribution in [3.05, 3.63) is 74.2 Å². The zero-order valence-corrected chi connectivity index (χ0v) is 17.1. The molecule has 0 amide bonds. The quantitative estimate of drug-likeness (QED) is 0.342. The van der Waals surface area contributed by atoms with Crippen molar-refractivity contribution in [1.29, 1.82) is 0 Å². The molecule has 3 aromatic rings. The number of esters is 2. The molecule has 0 aliphatic carbocycles. The van der Waals surface area contributed by atoms with Crippen molar-refractivity contribution < 1.29 is 23.8 Å². The minimum Gasteiger partial charge on any atom is -0.618 e. The second kappa shape index (κ2) is 8.63. The fourth-order valence-electron chi connectivity index (χ4n) is 2.73. The molecule has 0 saturated carbocycles. The van der Waals surface area contributed by atoms with Gasteiger partial charge in [0.1, 0.15) is 12.1 Å². The third kappa shape index (κ3) is 4.26. The van der Waals surface area contributed by atoms with Crippen LogP contribution in [0.3, 0.4) is 0 Å². The van der Waals surface area contributed by atoms with Crippen molar-refractivity contribution in [2.24, 2.45) is 0 Å². The largest absolute Gasteiger partial charge is 0.618 e. The molecule has 1 heterocycles. The highest BCUT2D eigenvalue weighted by atomic mass is 35.5. The SMILES string of the molecule is CCOC(=O)c1c(COC(=O)c2ccccc2C)nc2cc(Cl)c(Cl)cc2[n+]1[O-]. The highest BCUT2D eigenvalue weighted by molar-refractivity contribution is 6.42. The molecule has 0 unspecified atom stereocenters. The van der Waals surface area contributed by atoms with E-state index in [0.29, 0.717) is 10.3 Å². The van der Waals surface area contributed by atoms with Gasteiger partial charge in [-0.05, 0) is 31.5 Å². The van der Waals surface area contributed by atoms with Gasteiger partial charge in [-0.2, -0.15) is 4.73 Å². The van der Waals surface area contributed by atoms with Crippen LogP contribution in [0.15, 0.2) is 36.4 Å². The molecule has 9 heteroatoms. The summed E-state index contributed by atoms with van der Waals surface area (Å²) in [6.45, 7) is 3.03. The number of hydrogen-bond acceptors (Lipinski definition) is 6. The Morgan fingerprint density at radius 2 is 1.79 bits per heavy atom. The molecule has 7 nitrogen and oxygen atoms in total. The summed E-state index contributed by atoms with van der Waals surface area (Å²) in [5.74, 6) is -1.49. The molecule has 0 atom stereocenters. The second-order valence-electron chi connectivity index (χ2n) is 6.07. The fraction of sp³-hybridized carbons (Fsp3) is 0.200. The van der Waals surface area contributed by atoms with Crippen LogP contribution in [0.5, 0.6) is 0 Å². The number of aryl methyl sites for hydroxylation is 1. The normalized spacial score (nSPS) is 10.8. The van der Waals surface area contributed by atoms with Gasteiger partial charge in [-0.1, -0.05) is 41.4 Å². The van der Waals surface area contributed by atoms with Crippen molar-refractivity contribution >= 4 is 46.2 Å². The predicted molar refractivity (Wildman–Crippen MR) is 107 cm³/mol. The Labute approximate surface area is 176 Å². The number of carbonyl (C=O) groups is 2. The molecule has 29 heavy (non-hydrogen) atoms. The van der Waals surface area contributed by atoms with Crippen LogP contribution in [0, 0.1) is 12.1 Å². The van der Waals surface area contributed by atoms with E-state index in [1.165, 1.54) is 12.1 Å². The lowest BCUT2D eigenvalue weighted by Crippen LogP contribution is -2.39.